The van der Waals surface area contributed by atoms with Crippen LogP contribution in [0.1, 0.15) is 20.3 Å². The maximum atomic E-state index is 11.2. The predicted molar refractivity (Wildman–Crippen MR) is 75.0 cm³/mol. The van der Waals surface area contributed by atoms with Crippen LogP contribution < -0.4 is 10.6 Å². The fourth-order valence-corrected chi connectivity index (χ4v) is 1.59. The van der Waals surface area contributed by atoms with Crippen molar-refractivity contribution in [1.29, 1.82) is 0 Å². The van der Waals surface area contributed by atoms with Gasteiger partial charge in [0.15, 0.2) is 0 Å². The molecular formula is C12H21N3OS. The number of aromatic nitrogens is 1. The Morgan fingerprint density at radius 1 is 1.47 bits per heavy atom. The second kappa shape index (κ2) is 7.27. The summed E-state index contributed by atoms with van der Waals surface area (Å²) in [6, 6.07) is 3.89. The number of hydrogen-bond acceptors (Lipinski definition) is 4. The van der Waals surface area contributed by atoms with Crippen molar-refractivity contribution < 1.29 is 4.21 Å². The third-order valence-electron chi connectivity index (χ3n) is 2.48. The molecule has 0 aliphatic carbocycles. The van der Waals surface area contributed by atoms with Crippen molar-refractivity contribution in [3.63, 3.8) is 0 Å². The lowest BCUT2D eigenvalue weighted by Gasteiger charge is -2.12. The van der Waals surface area contributed by atoms with E-state index in [2.05, 4.69) is 22.5 Å². The van der Waals surface area contributed by atoms with Crippen molar-refractivity contribution in [2.45, 2.75) is 25.5 Å². The molecule has 2 unspecified atom stereocenters. The maximum absolute atomic E-state index is 11.2. The van der Waals surface area contributed by atoms with Gasteiger partial charge >= 0.3 is 0 Å². The third-order valence-corrected chi connectivity index (χ3v) is 3.78. The van der Waals surface area contributed by atoms with Crippen LogP contribution in [-0.2, 0) is 10.8 Å². The van der Waals surface area contributed by atoms with Crippen LogP contribution in [0, 0.1) is 0 Å². The first-order chi connectivity index (χ1) is 8.13. The molecule has 1 rings (SSSR count). The molecule has 2 N–H and O–H groups in total. The molecule has 0 saturated heterocycles. The highest BCUT2D eigenvalue weighted by molar-refractivity contribution is 7.84. The third kappa shape index (κ3) is 5.17. The number of nitrogens with zero attached hydrogens (tertiary/aromatic N) is 1. The van der Waals surface area contributed by atoms with Crippen molar-refractivity contribution >= 4 is 22.3 Å². The Balaban J connectivity index is 2.50. The quantitative estimate of drug-likeness (QED) is 0.783. The molecule has 0 spiro atoms. The summed E-state index contributed by atoms with van der Waals surface area (Å²) in [6.45, 7) is 5.72. The predicted octanol–water partition coefficient (Wildman–Crippen LogP) is 2.08. The molecule has 0 aliphatic heterocycles. The van der Waals surface area contributed by atoms with E-state index in [1.165, 1.54) is 0 Å². The molecule has 1 aromatic heterocycles. The molecule has 0 radical (unpaired) electrons. The minimum Gasteiger partial charge on any atom is -0.384 e. The molecule has 17 heavy (non-hydrogen) atoms. The summed E-state index contributed by atoms with van der Waals surface area (Å²) in [7, 11) is -0.788. The van der Waals surface area contributed by atoms with E-state index in [-0.39, 0.29) is 5.25 Å². The highest BCUT2D eigenvalue weighted by atomic mass is 32.2. The molecular weight excluding hydrogens is 234 g/mol. The summed E-state index contributed by atoms with van der Waals surface area (Å²) >= 11 is 0. The minimum absolute atomic E-state index is 0.148. The van der Waals surface area contributed by atoms with E-state index in [1.807, 2.05) is 19.1 Å². The van der Waals surface area contributed by atoms with Gasteiger partial charge in [-0.15, -0.1) is 0 Å². The summed E-state index contributed by atoms with van der Waals surface area (Å²) in [5.74, 6) is 0.877. The molecule has 0 fully saturated rings. The van der Waals surface area contributed by atoms with Gasteiger partial charge in [-0.3, -0.25) is 4.21 Å². The molecule has 0 saturated carbocycles. The van der Waals surface area contributed by atoms with Crippen LogP contribution in [0.5, 0.6) is 0 Å². The van der Waals surface area contributed by atoms with E-state index >= 15 is 0 Å². The first kappa shape index (κ1) is 14.0. The van der Waals surface area contributed by atoms with Crippen LogP contribution >= 0.6 is 0 Å². The van der Waals surface area contributed by atoms with Crippen molar-refractivity contribution in [2.24, 2.45) is 0 Å². The lowest BCUT2D eigenvalue weighted by molar-refractivity contribution is 0.679. The summed E-state index contributed by atoms with van der Waals surface area (Å²) in [4.78, 5) is 4.23. The van der Waals surface area contributed by atoms with Crippen molar-refractivity contribution in [2.75, 3.05) is 30.0 Å². The highest BCUT2D eigenvalue weighted by Crippen LogP contribution is 2.12. The van der Waals surface area contributed by atoms with Crippen LogP contribution in [0.4, 0.5) is 11.5 Å². The zero-order valence-electron chi connectivity index (χ0n) is 10.7. The number of hydrogen-bond donors (Lipinski definition) is 2. The summed E-state index contributed by atoms with van der Waals surface area (Å²) < 4.78 is 11.2. The molecule has 1 aromatic rings. The highest BCUT2D eigenvalue weighted by Gasteiger charge is 2.05. The first-order valence-corrected chi connectivity index (χ1v) is 7.51. The standard InChI is InChI=1S/C12H21N3OS/c1-4-6-13-12-8-11(5-7-14-12)15-9-10(2)17(3)16/h5,7-8,10H,4,6,9H2,1-3H3,(H2,13,14,15). The summed E-state index contributed by atoms with van der Waals surface area (Å²) in [5.41, 5.74) is 1.01. The number of pyridine rings is 1. The van der Waals surface area contributed by atoms with Crippen LogP contribution in [0.15, 0.2) is 18.3 Å². The Morgan fingerprint density at radius 3 is 2.88 bits per heavy atom. The fraction of sp³-hybridized carbons (Fsp3) is 0.583. The van der Waals surface area contributed by atoms with Gasteiger partial charge in [-0.1, -0.05) is 6.92 Å². The summed E-state index contributed by atoms with van der Waals surface area (Å²) in [5, 5.41) is 6.65. The number of nitrogens with one attached hydrogen (secondary N) is 2. The lowest BCUT2D eigenvalue weighted by atomic mass is 10.3. The number of rotatable bonds is 7. The van der Waals surface area contributed by atoms with Gasteiger partial charge in [0.25, 0.3) is 0 Å². The number of anilines is 2. The normalized spacial score (nSPS) is 14.1. The van der Waals surface area contributed by atoms with Gasteiger partial charge in [0.2, 0.25) is 0 Å². The van der Waals surface area contributed by atoms with Gasteiger partial charge in [-0.2, -0.15) is 0 Å². The van der Waals surface area contributed by atoms with E-state index in [0.717, 1.165) is 24.5 Å². The Morgan fingerprint density at radius 2 is 2.24 bits per heavy atom. The molecule has 1 heterocycles. The van der Waals surface area contributed by atoms with E-state index < -0.39 is 10.8 Å². The largest absolute Gasteiger partial charge is 0.384 e. The van der Waals surface area contributed by atoms with Gasteiger partial charge in [0, 0.05) is 53.3 Å². The Bertz CT molecular complexity index is 371. The second-order valence-corrected chi connectivity index (χ2v) is 5.85. The first-order valence-electron chi connectivity index (χ1n) is 5.89. The molecule has 0 aliphatic rings. The molecule has 0 bridgehead atoms. The van der Waals surface area contributed by atoms with Crippen molar-refractivity contribution in [1.82, 2.24) is 4.98 Å². The van der Waals surface area contributed by atoms with Gasteiger partial charge in [-0.05, 0) is 19.4 Å². The van der Waals surface area contributed by atoms with E-state index in [4.69, 9.17) is 0 Å². The van der Waals surface area contributed by atoms with Crippen LogP contribution in [0.3, 0.4) is 0 Å². The maximum Gasteiger partial charge on any atom is 0.127 e. The Hall–Kier alpha value is -1.10. The van der Waals surface area contributed by atoms with Gasteiger partial charge in [-0.25, -0.2) is 4.98 Å². The molecule has 2 atom stereocenters. The van der Waals surface area contributed by atoms with Crippen molar-refractivity contribution in [3.8, 4) is 0 Å². The average molecular weight is 255 g/mol. The Labute approximate surface area is 106 Å². The Kier molecular flexibility index (Phi) is 5.97. The summed E-state index contributed by atoms with van der Waals surface area (Å²) in [6.07, 6.45) is 4.58. The van der Waals surface area contributed by atoms with Gasteiger partial charge in [0.05, 0.1) is 0 Å². The van der Waals surface area contributed by atoms with Crippen LogP contribution in [-0.4, -0.2) is 33.8 Å². The monoisotopic (exact) mass is 255 g/mol. The lowest BCUT2D eigenvalue weighted by Crippen LogP contribution is -2.20. The zero-order valence-corrected chi connectivity index (χ0v) is 11.5. The minimum atomic E-state index is -0.788. The van der Waals surface area contributed by atoms with E-state index in [0.29, 0.717) is 6.54 Å². The average Bonchev–Trinajstić information content (AvgIpc) is 2.33. The smallest absolute Gasteiger partial charge is 0.127 e. The molecule has 0 aromatic carbocycles. The van der Waals surface area contributed by atoms with Crippen molar-refractivity contribution in [3.05, 3.63) is 18.3 Å². The topological polar surface area (TPSA) is 54.0 Å². The van der Waals surface area contributed by atoms with E-state index in [1.54, 1.807) is 12.5 Å². The second-order valence-electron chi connectivity index (χ2n) is 4.05. The van der Waals surface area contributed by atoms with E-state index in [9.17, 15) is 4.21 Å². The van der Waals surface area contributed by atoms with Crippen LogP contribution in [0.2, 0.25) is 0 Å². The molecule has 96 valence electrons. The fourth-order valence-electron chi connectivity index (χ4n) is 1.27. The molecule has 5 heteroatoms. The van der Waals surface area contributed by atoms with Gasteiger partial charge < -0.3 is 10.6 Å². The van der Waals surface area contributed by atoms with Gasteiger partial charge in [0.1, 0.15) is 5.82 Å². The molecule has 0 amide bonds. The SMILES string of the molecule is CCCNc1cc(NCC(C)S(C)=O)ccn1. The zero-order chi connectivity index (χ0) is 12.7. The molecule has 4 nitrogen and oxygen atoms in total. The van der Waals surface area contributed by atoms with Crippen LogP contribution in [0.25, 0.3) is 0 Å².